The maximum atomic E-state index is 13.7. The SMILES string of the molecule is O=C(NC1CCCC1)[C@@H](Cc1ccccc1)N(Cc1cccc(Br)c1)C(=O)CSCc1ccc(Cl)cc1. The summed E-state index contributed by atoms with van der Waals surface area (Å²) in [4.78, 5) is 29.2. The van der Waals surface area contributed by atoms with Crippen LogP contribution in [0.3, 0.4) is 0 Å². The molecule has 0 unspecified atom stereocenters. The third kappa shape index (κ3) is 8.62. The predicted molar refractivity (Wildman–Crippen MR) is 157 cm³/mol. The van der Waals surface area contributed by atoms with Crippen LogP contribution in [0.2, 0.25) is 5.02 Å². The molecule has 3 aromatic carbocycles. The lowest BCUT2D eigenvalue weighted by Gasteiger charge is -2.32. The highest BCUT2D eigenvalue weighted by Gasteiger charge is 2.32. The van der Waals surface area contributed by atoms with Gasteiger partial charge in [0.25, 0.3) is 0 Å². The van der Waals surface area contributed by atoms with Gasteiger partial charge in [0.1, 0.15) is 6.04 Å². The lowest BCUT2D eigenvalue weighted by molar-refractivity contribution is -0.139. The third-order valence-electron chi connectivity index (χ3n) is 6.62. The van der Waals surface area contributed by atoms with E-state index in [4.69, 9.17) is 11.6 Å². The standard InChI is InChI=1S/C30H32BrClN2O2S/c31-25-10-6-9-24(17-25)19-34(29(35)21-37-20-23-13-15-26(32)16-14-23)28(18-22-7-2-1-3-8-22)30(36)33-27-11-4-5-12-27/h1-3,6-10,13-17,27-28H,4-5,11-12,18-21H2,(H,33,36)/t28-/m1/s1. The molecule has 0 saturated heterocycles. The van der Waals surface area contributed by atoms with E-state index in [1.54, 1.807) is 16.7 Å². The molecule has 0 bridgehead atoms. The van der Waals surface area contributed by atoms with Crippen LogP contribution >= 0.6 is 39.3 Å². The summed E-state index contributed by atoms with van der Waals surface area (Å²) in [5.41, 5.74) is 3.13. The molecule has 0 spiro atoms. The van der Waals surface area contributed by atoms with E-state index in [1.807, 2.05) is 78.9 Å². The van der Waals surface area contributed by atoms with Crippen molar-refractivity contribution in [2.45, 2.75) is 56.5 Å². The van der Waals surface area contributed by atoms with Crippen molar-refractivity contribution < 1.29 is 9.59 Å². The number of nitrogens with one attached hydrogen (secondary N) is 1. The van der Waals surface area contributed by atoms with Crippen LogP contribution in [0.4, 0.5) is 0 Å². The first-order valence-corrected chi connectivity index (χ1v) is 15.0. The van der Waals surface area contributed by atoms with Crippen LogP contribution in [0, 0.1) is 0 Å². The Bertz CT molecular complexity index is 1170. The number of benzene rings is 3. The van der Waals surface area contributed by atoms with E-state index < -0.39 is 6.04 Å². The number of hydrogen-bond acceptors (Lipinski definition) is 3. The van der Waals surface area contributed by atoms with Crippen molar-refractivity contribution >= 4 is 51.1 Å². The van der Waals surface area contributed by atoms with E-state index in [-0.39, 0.29) is 17.9 Å². The highest BCUT2D eigenvalue weighted by atomic mass is 79.9. The first-order chi connectivity index (χ1) is 18.0. The van der Waals surface area contributed by atoms with Gasteiger partial charge in [-0.1, -0.05) is 95.0 Å². The van der Waals surface area contributed by atoms with Gasteiger partial charge in [0.05, 0.1) is 5.75 Å². The fourth-order valence-electron chi connectivity index (χ4n) is 4.67. The van der Waals surface area contributed by atoms with Crippen LogP contribution < -0.4 is 5.32 Å². The van der Waals surface area contributed by atoms with Gasteiger partial charge in [0, 0.05) is 34.3 Å². The summed E-state index contributed by atoms with van der Waals surface area (Å²) in [7, 11) is 0. The molecule has 1 atom stereocenters. The minimum atomic E-state index is -0.592. The highest BCUT2D eigenvalue weighted by Crippen LogP contribution is 2.22. The molecule has 1 fully saturated rings. The molecule has 0 heterocycles. The van der Waals surface area contributed by atoms with Crippen molar-refractivity contribution in [2.24, 2.45) is 0 Å². The zero-order valence-electron chi connectivity index (χ0n) is 20.7. The lowest BCUT2D eigenvalue weighted by atomic mass is 10.0. The van der Waals surface area contributed by atoms with Crippen LogP contribution in [0.5, 0.6) is 0 Å². The summed E-state index contributed by atoms with van der Waals surface area (Å²) in [6.07, 6.45) is 4.74. The molecule has 2 amide bonds. The van der Waals surface area contributed by atoms with Gasteiger partial charge in [-0.15, -0.1) is 11.8 Å². The summed E-state index contributed by atoms with van der Waals surface area (Å²) in [6.45, 7) is 0.370. The molecule has 3 aromatic rings. The van der Waals surface area contributed by atoms with Gasteiger partial charge in [-0.05, 0) is 53.8 Å². The van der Waals surface area contributed by atoms with Gasteiger partial charge >= 0.3 is 0 Å². The molecule has 37 heavy (non-hydrogen) atoms. The predicted octanol–water partition coefficient (Wildman–Crippen LogP) is 7.03. The summed E-state index contributed by atoms with van der Waals surface area (Å²) in [6, 6.07) is 25.2. The number of thioether (sulfide) groups is 1. The van der Waals surface area contributed by atoms with Gasteiger partial charge < -0.3 is 10.2 Å². The molecular weight excluding hydrogens is 568 g/mol. The van der Waals surface area contributed by atoms with Gasteiger partial charge in [-0.25, -0.2) is 0 Å². The Morgan fingerprint density at radius 1 is 0.946 bits per heavy atom. The molecule has 4 nitrogen and oxygen atoms in total. The van der Waals surface area contributed by atoms with Crippen molar-refractivity contribution in [3.05, 3.63) is 105 Å². The van der Waals surface area contributed by atoms with Gasteiger partial charge in [0.15, 0.2) is 0 Å². The van der Waals surface area contributed by atoms with Crippen LogP contribution in [0.15, 0.2) is 83.3 Å². The number of hydrogen-bond donors (Lipinski definition) is 1. The third-order valence-corrected chi connectivity index (χ3v) is 8.36. The number of carbonyl (C=O) groups excluding carboxylic acids is 2. The number of halogens is 2. The quantitative estimate of drug-likeness (QED) is 0.257. The first kappa shape index (κ1) is 27.7. The lowest BCUT2D eigenvalue weighted by Crippen LogP contribution is -2.52. The maximum absolute atomic E-state index is 13.7. The van der Waals surface area contributed by atoms with Gasteiger partial charge in [-0.3, -0.25) is 9.59 Å². The largest absolute Gasteiger partial charge is 0.352 e. The van der Waals surface area contributed by atoms with Crippen molar-refractivity contribution in [2.75, 3.05) is 5.75 Å². The van der Waals surface area contributed by atoms with E-state index in [9.17, 15) is 9.59 Å². The van der Waals surface area contributed by atoms with Crippen LogP contribution in [-0.4, -0.2) is 34.6 Å². The molecule has 0 aliphatic heterocycles. The molecule has 1 aliphatic carbocycles. The Hall–Kier alpha value is -2.28. The average molecular weight is 600 g/mol. The smallest absolute Gasteiger partial charge is 0.243 e. The molecule has 1 saturated carbocycles. The van der Waals surface area contributed by atoms with E-state index in [0.717, 1.165) is 46.8 Å². The van der Waals surface area contributed by atoms with Crippen molar-refractivity contribution in [1.29, 1.82) is 0 Å². The van der Waals surface area contributed by atoms with E-state index in [1.165, 1.54) is 0 Å². The number of rotatable bonds is 11. The summed E-state index contributed by atoms with van der Waals surface area (Å²) in [5, 5.41) is 3.95. The molecule has 4 rings (SSSR count). The molecular formula is C30H32BrClN2O2S. The average Bonchev–Trinajstić information content (AvgIpc) is 3.41. The fourth-order valence-corrected chi connectivity index (χ4v) is 6.12. The Labute approximate surface area is 237 Å². The minimum absolute atomic E-state index is 0.0403. The monoisotopic (exact) mass is 598 g/mol. The van der Waals surface area contributed by atoms with Crippen molar-refractivity contribution in [3.8, 4) is 0 Å². The number of amides is 2. The first-order valence-electron chi connectivity index (χ1n) is 12.7. The second-order valence-electron chi connectivity index (χ2n) is 9.47. The Balaban J connectivity index is 1.56. The summed E-state index contributed by atoms with van der Waals surface area (Å²) in [5.74, 6) is 0.882. The zero-order chi connectivity index (χ0) is 26.0. The highest BCUT2D eigenvalue weighted by molar-refractivity contribution is 9.10. The van der Waals surface area contributed by atoms with Crippen LogP contribution in [0.25, 0.3) is 0 Å². The number of nitrogens with zero attached hydrogens (tertiary/aromatic N) is 1. The van der Waals surface area contributed by atoms with Crippen LogP contribution in [0.1, 0.15) is 42.4 Å². The normalized spacial score (nSPS) is 14.3. The second kappa shape index (κ2) is 14.0. The molecule has 0 aromatic heterocycles. The second-order valence-corrected chi connectivity index (χ2v) is 11.8. The molecule has 194 valence electrons. The topological polar surface area (TPSA) is 49.4 Å². The molecule has 0 radical (unpaired) electrons. The Morgan fingerprint density at radius 3 is 2.35 bits per heavy atom. The zero-order valence-corrected chi connectivity index (χ0v) is 23.9. The fraction of sp³-hybridized carbons (Fsp3) is 0.333. The summed E-state index contributed by atoms with van der Waals surface area (Å²) < 4.78 is 0.949. The van der Waals surface area contributed by atoms with E-state index in [0.29, 0.717) is 29.5 Å². The minimum Gasteiger partial charge on any atom is -0.352 e. The maximum Gasteiger partial charge on any atom is 0.243 e. The molecule has 1 aliphatic rings. The molecule has 1 N–H and O–H groups in total. The Kier molecular flexibility index (Phi) is 10.5. The van der Waals surface area contributed by atoms with Gasteiger partial charge in [-0.2, -0.15) is 0 Å². The van der Waals surface area contributed by atoms with Crippen molar-refractivity contribution in [1.82, 2.24) is 10.2 Å². The van der Waals surface area contributed by atoms with E-state index >= 15 is 0 Å². The molecule has 7 heteroatoms. The number of carbonyl (C=O) groups is 2. The van der Waals surface area contributed by atoms with Crippen LogP contribution in [-0.2, 0) is 28.3 Å². The van der Waals surface area contributed by atoms with E-state index in [2.05, 4.69) is 21.2 Å². The summed E-state index contributed by atoms with van der Waals surface area (Å²) >= 11 is 11.1. The Morgan fingerprint density at radius 2 is 1.65 bits per heavy atom. The van der Waals surface area contributed by atoms with Gasteiger partial charge in [0.2, 0.25) is 11.8 Å². The van der Waals surface area contributed by atoms with Crippen molar-refractivity contribution in [3.63, 3.8) is 0 Å².